The van der Waals surface area contributed by atoms with Crippen LogP contribution in [0.15, 0.2) is 15.7 Å². The van der Waals surface area contributed by atoms with E-state index in [1.54, 1.807) is 6.20 Å². The van der Waals surface area contributed by atoms with Gasteiger partial charge in [-0.2, -0.15) is 4.99 Å². The van der Waals surface area contributed by atoms with Crippen LogP contribution >= 0.6 is 27.5 Å². The van der Waals surface area contributed by atoms with Gasteiger partial charge in [0, 0.05) is 13.3 Å². The van der Waals surface area contributed by atoms with E-state index in [0.717, 1.165) is 0 Å². The normalized spacial score (nSPS) is 28.7. The molecule has 1 unspecified atom stereocenters. The van der Waals surface area contributed by atoms with Crippen LogP contribution in [0.1, 0.15) is 0 Å². The first-order valence-electron chi connectivity index (χ1n) is 3.13. The van der Waals surface area contributed by atoms with Gasteiger partial charge < -0.3 is 14.8 Å². The molecule has 68 valence electrons. The summed E-state index contributed by atoms with van der Waals surface area (Å²) in [4.78, 5) is 3.94. The second-order valence-electron chi connectivity index (χ2n) is 2.02. The molecule has 0 aromatic carbocycles. The first-order valence-corrected chi connectivity index (χ1v) is 4.30. The summed E-state index contributed by atoms with van der Waals surface area (Å²) in [5, 5.41) is 1.48. The Morgan fingerprint density at radius 2 is 2.33 bits per heavy atom. The Labute approximate surface area is 83.7 Å². The standard InChI is InChI=1S/C6H8BrClN2O2/c1-11-5-4(7)3-9-6(8,10-5)12-2/h3,9H,1-2H3. The number of ether oxygens (including phenoxy) is 2. The highest BCUT2D eigenvalue weighted by Gasteiger charge is 2.29. The van der Waals surface area contributed by atoms with Gasteiger partial charge in [-0.25, -0.2) is 0 Å². The Kier molecular flexibility index (Phi) is 2.98. The molecule has 12 heavy (non-hydrogen) atoms. The first kappa shape index (κ1) is 9.83. The molecule has 1 N–H and O–H groups in total. The molecule has 0 aliphatic carbocycles. The van der Waals surface area contributed by atoms with Crippen molar-refractivity contribution in [1.29, 1.82) is 0 Å². The molecular formula is C6H8BrClN2O2. The van der Waals surface area contributed by atoms with E-state index in [4.69, 9.17) is 21.1 Å². The lowest BCUT2D eigenvalue weighted by Crippen LogP contribution is -2.40. The predicted octanol–water partition coefficient (Wildman–Crippen LogP) is 1.37. The zero-order valence-electron chi connectivity index (χ0n) is 6.60. The summed E-state index contributed by atoms with van der Waals surface area (Å²) in [5.41, 5.74) is 0. The lowest BCUT2D eigenvalue weighted by Gasteiger charge is -2.25. The summed E-state index contributed by atoms with van der Waals surface area (Å²) >= 11 is 9.06. The van der Waals surface area contributed by atoms with Gasteiger partial charge in [-0.3, -0.25) is 0 Å². The highest BCUT2D eigenvalue weighted by Crippen LogP contribution is 2.22. The van der Waals surface area contributed by atoms with Crippen molar-refractivity contribution in [3.8, 4) is 0 Å². The zero-order valence-corrected chi connectivity index (χ0v) is 8.94. The molecule has 1 atom stereocenters. The lowest BCUT2D eigenvalue weighted by atomic mass is 10.5. The van der Waals surface area contributed by atoms with Gasteiger partial charge in [0.25, 0.3) is 0 Å². The average molecular weight is 255 g/mol. The molecule has 0 saturated carbocycles. The zero-order chi connectivity index (χ0) is 9.19. The fraction of sp³-hybridized carbons (Fsp3) is 0.500. The van der Waals surface area contributed by atoms with Crippen LogP contribution < -0.4 is 5.32 Å². The van der Waals surface area contributed by atoms with Gasteiger partial charge in [0.2, 0.25) is 5.90 Å². The minimum atomic E-state index is -1.25. The minimum Gasteiger partial charge on any atom is -0.480 e. The fourth-order valence-corrected chi connectivity index (χ4v) is 1.17. The molecule has 0 bridgehead atoms. The van der Waals surface area contributed by atoms with E-state index in [2.05, 4.69) is 26.2 Å². The van der Waals surface area contributed by atoms with Gasteiger partial charge in [0.15, 0.2) is 0 Å². The summed E-state index contributed by atoms with van der Waals surface area (Å²) < 4.78 is 10.5. The van der Waals surface area contributed by atoms with Gasteiger partial charge in [-0.15, -0.1) is 0 Å². The molecule has 1 heterocycles. The first-order chi connectivity index (χ1) is 5.61. The number of nitrogens with one attached hydrogen (secondary N) is 1. The predicted molar refractivity (Wildman–Crippen MR) is 50.2 cm³/mol. The lowest BCUT2D eigenvalue weighted by molar-refractivity contribution is 0.0505. The van der Waals surface area contributed by atoms with Crippen LogP contribution in [-0.4, -0.2) is 25.4 Å². The molecule has 1 rings (SSSR count). The second-order valence-corrected chi connectivity index (χ2v) is 3.39. The fourth-order valence-electron chi connectivity index (χ4n) is 0.678. The van der Waals surface area contributed by atoms with E-state index in [9.17, 15) is 0 Å². The van der Waals surface area contributed by atoms with Crippen molar-refractivity contribution in [3.05, 3.63) is 10.7 Å². The number of methoxy groups -OCH3 is 2. The van der Waals surface area contributed by atoms with Crippen molar-refractivity contribution in [2.45, 2.75) is 5.31 Å². The molecular weight excluding hydrogens is 247 g/mol. The Balaban J connectivity index is 2.87. The molecule has 0 fully saturated rings. The quantitative estimate of drug-likeness (QED) is 0.568. The number of rotatable bonds is 1. The van der Waals surface area contributed by atoms with Crippen LogP contribution in [0.3, 0.4) is 0 Å². The van der Waals surface area contributed by atoms with E-state index in [1.807, 2.05) is 0 Å². The van der Waals surface area contributed by atoms with E-state index in [-0.39, 0.29) is 0 Å². The second kappa shape index (κ2) is 3.64. The Morgan fingerprint density at radius 3 is 2.83 bits per heavy atom. The Hall–Kier alpha value is -0.260. The van der Waals surface area contributed by atoms with E-state index in [1.165, 1.54) is 14.2 Å². The van der Waals surface area contributed by atoms with Crippen LogP contribution in [0.25, 0.3) is 0 Å². The third-order valence-corrected chi connectivity index (χ3v) is 2.21. The molecule has 0 aromatic heterocycles. The monoisotopic (exact) mass is 254 g/mol. The number of hydrogen-bond donors (Lipinski definition) is 1. The number of hydrogen-bond acceptors (Lipinski definition) is 4. The molecule has 0 aromatic rings. The molecule has 6 heteroatoms. The molecule has 1 aliphatic heterocycles. The summed E-state index contributed by atoms with van der Waals surface area (Å²) in [5.74, 6) is 0.394. The maximum absolute atomic E-state index is 5.83. The van der Waals surface area contributed by atoms with Crippen molar-refractivity contribution >= 4 is 33.4 Å². The highest BCUT2D eigenvalue weighted by atomic mass is 79.9. The number of alkyl halides is 1. The van der Waals surface area contributed by atoms with Crippen molar-refractivity contribution in [2.24, 2.45) is 4.99 Å². The average Bonchev–Trinajstić information content (AvgIpc) is 2.10. The smallest absolute Gasteiger partial charge is 0.322 e. The largest absolute Gasteiger partial charge is 0.480 e. The topological polar surface area (TPSA) is 42.9 Å². The van der Waals surface area contributed by atoms with Crippen molar-refractivity contribution < 1.29 is 9.47 Å². The van der Waals surface area contributed by atoms with Crippen molar-refractivity contribution in [3.63, 3.8) is 0 Å². The molecule has 1 aliphatic rings. The maximum Gasteiger partial charge on any atom is 0.322 e. The maximum atomic E-state index is 5.83. The molecule has 4 nitrogen and oxygen atoms in total. The molecule has 0 amide bonds. The summed E-state index contributed by atoms with van der Waals surface area (Å²) in [6.45, 7) is 0. The molecule has 0 radical (unpaired) electrons. The SMILES string of the molecule is COC1=NC(Cl)(OC)NC=C1Br. The van der Waals surface area contributed by atoms with Crippen LogP contribution in [0, 0.1) is 0 Å². The molecule has 0 spiro atoms. The van der Waals surface area contributed by atoms with Gasteiger partial charge in [-0.05, 0) is 27.5 Å². The minimum absolute atomic E-state index is 0.394. The van der Waals surface area contributed by atoms with Crippen LogP contribution in [-0.2, 0) is 9.47 Å². The van der Waals surface area contributed by atoms with Crippen LogP contribution in [0.4, 0.5) is 0 Å². The highest BCUT2D eigenvalue weighted by molar-refractivity contribution is 9.12. The summed E-state index contributed by atoms with van der Waals surface area (Å²) in [6.07, 6.45) is 1.61. The summed E-state index contributed by atoms with van der Waals surface area (Å²) in [6, 6.07) is 0. The number of aliphatic imine (C=N–C) groups is 1. The molecule has 0 saturated heterocycles. The van der Waals surface area contributed by atoms with Crippen LogP contribution in [0.2, 0.25) is 0 Å². The third kappa shape index (κ3) is 1.91. The van der Waals surface area contributed by atoms with Gasteiger partial charge in [0.1, 0.15) is 0 Å². The van der Waals surface area contributed by atoms with Gasteiger partial charge in [-0.1, -0.05) is 0 Å². The Morgan fingerprint density at radius 1 is 1.67 bits per heavy atom. The van der Waals surface area contributed by atoms with E-state index in [0.29, 0.717) is 10.4 Å². The van der Waals surface area contributed by atoms with Gasteiger partial charge in [0.05, 0.1) is 11.6 Å². The number of halogens is 2. The van der Waals surface area contributed by atoms with Crippen molar-refractivity contribution in [2.75, 3.05) is 14.2 Å². The Bertz CT molecular complexity index is 244. The van der Waals surface area contributed by atoms with Gasteiger partial charge >= 0.3 is 5.31 Å². The number of nitrogens with zero attached hydrogens (tertiary/aromatic N) is 1. The van der Waals surface area contributed by atoms with Crippen molar-refractivity contribution in [1.82, 2.24) is 5.32 Å². The third-order valence-electron chi connectivity index (χ3n) is 1.29. The van der Waals surface area contributed by atoms with Crippen LogP contribution in [0.5, 0.6) is 0 Å². The van der Waals surface area contributed by atoms with E-state index >= 15 is 0 Å². The summed E-state index contributed by atoms with van der Waals surface area (Å²) in [7, 11) is 2.95. The van der Waals surface area contributed by atoms with E-state index < -0.39 is 5.31 Å².